The maximum atomic E-state index is 13.4. The number of anilines is 3. The van der Waals surface area contributed by atoms with Crippen molar-refractivity contribution in [2.75, 3.05) is 22.6 Å². The summed E-state index contributed by atoms with van der Waals surface area (Å²) in [4.78, 5) is 19.0. The number of carbonyl (C=O) groups excluding carboxylic acids is 1. The smallest absolute Gasteiger partial charge is 0.247 e. The predicted molar refractivity (Wildman–Crippen MR) is 120 cm³/mol. The number of nitrogens with zero attached hydrogens (tertiary/aromatic N) is 4. The maximum Gasteiger partial charge on any atom is 0.247 e. The number of benzene rings is 1. The first-order chi connectivity index (χ1) is 15.6. The summed E-state index contributed by atoms with van der Waals surface area (Å²) in [5.74, 6) is -3.20. The van der Waals surface area contributed by atoms with Crippen LogP contribution in [0, 0.1) is 30.3 Å². The molecule has 0 radical (unpaired) electrons. The van der Waals surface area contributed by atoms with Gasteiger partial charge in [-0.25, -0.2) is 18.2 Å². The van der Waals surface area contributed by atoms with E-state index in [0.717, 1.165) is 23.4 Å². The van der Waals surface area contributed by atoms with Crippen LogP contribution in [-0.4, -0.2) is 33.8 Å². The molecule has 0 fully saturated rings. The van der Waals surface area contributed by atoms with Crippen molar-refractivity contribution in [1.29, 1.82) is 0 Å². The average molecular weight is 458 g/mol. The van der Waals surface area contributed by atoms with E-state index in [1.807, 2.05) is 38.8 Å². The number of pyridine rings is 1. The lowest BCUT2D eigenvalue weighted by molar-refractivity contribution is -0.118. The van der Waals surface area contributed by atoms with E-state index in [1.54, 1.807) is 12.4 Å². The second-order valence-corrected chi connectivity index (χ2v) is 8.55. The van der Waals surface area contributed by atoms with Gasteiger partial charge in [-0.1, -0.05) is 13.8 Å². The largest absolute Gasteiger partial charge is 0.366 e. The highest BCUT2D eigenvalue weighted by Gasteiger charge is 2.34. The van der Waals surface area contributed by atoms with E-state index in [4.69, 9.17) is 0 Å². The summed E-state index contributed by atoms with van der Waals surface area (Å²) in [6.07, 6.45) is 3.37. The van der Waals surface area contributed by atoms with Crippen molar-refractivity contribution in [2.45, 2.75) is 39.9 Å². The van der Waals surface area contributed by atoms with Crippen molar-refractivity contribution >= 4 is 23.1 Å². The summed E-state index contributed by atoms with van der Waals surface area (Å²) in [6.45, 7) is 6.37. The van der Waals surface area contributed by atoms with Crippen molar-refractivity contribution in [3.05, 3.63) is 64.9 Å². The number of aromatic nitrogens is 3. The Morgan fingerprint density at radius 2 is 1.85 bits per heavy atom. The Labute approximate surface area is 189 Å². The van der Waals surface area contributed by atoms with Gasteiger partial charge in [0.15, 0.2) is 17.5 Å². The zero-order valence-corrected chi connectivity index (χ0v) is 18.8. The second-order valence-electron chi connectivity index (χ2n) is 8.55. The molecule has 7 nitrogen and oxygen atoms in total. The molecule has 1 aromatic carbocycles. The molecule has 3 aromatic rings. The summed E-state index contributed by atoms with van der Waals surface area (Å²) < 4.78 is 41.5. The van der Waals surface area contributed by atoms with E-state index in [-0.39, 0.29) is 30.0 Å². The highest BCUT2D eigenvalue weighted by atomic mass is 19.2. The molecule has 0 saturated carbocycles. The minimum Gasteiger partial charge on any atom is -0.366 e. The van der Waals surface area contributed by atoms with E-state index in [0.29, 0.717) is 23.7 Å². The molecule has 2 N–H and O–H groups in total. The Morgan fingerprint density at radius 1 is 1.15 bits per heavy atom. The van der Waals surface area contributed by atoms with Gasteiger partial charge in [0, 0.05) is 31.4 Å². The molecule has 1 amide bonds. The molecule has 0 saturated heterocycles. The van der Waals surface area contributed by atoms with Crippen LogP contribution >= 0.6 is 0 Å². The Kier molecular flexibility index (Phi) is 6.01. The molecule has 1 atom stereocenters. The number of halogens is 3. The number of aryl methyl sites for hydroxylation is 1. The van der Waals surface area contributed by atoms with Crippen molar-refractivity contribution in [2.24, 2.45) is 5.92 Å². The van der Waals surface area contributed by atoms with Gasteiger partial charge in [0.25, 0.3) is 0 Å². The van der Waals surface area contributed by atoms with Crippen molar-refractivity contribution < 1.29 is 18.0 Å². The van der Waals surface area contributed by atoms with Gasteiger partial charge in [0.2, 0.25) is 5.91 Å². The summed E-state index contributed by atoms with van der Waals surface area (Å²) in [5, 5.41) is 10.4. The van der Waals surface area contributed by atoms with Crippen LogP contribution in [0.2, 0.25) is 0 Å². The van der Waals surface area contributed by atoms with E-state index in [9.17, 15) is 18.0 Å². The number of likely N-dealkylation sites (N-methyl/N-ethyl adjacent to an activating group) is 1. The van der Waals surface area contributed by atoms with Gasteiger partial charge in [-0.15, -0.1) is 0 Å². The highest BCUT2D eigenvalue weighted by Crippen LogP contribution is 2.36. The Hall–Kier alpha value is -3.56. The number of rotatable bonds is 6. The summed E-state index contributed by atoms with van der Waals surface area (Å²) >= 11 is 0. The SMILES string of the molecule is Cc1nc(NCc2cnn(Cc3cc(F)c(F)c(F)c3)c2)cc2c1NC(=O)[C@H](C(C)C)N2C. The second kappa shape index (κ2) is 8.76. The quantitative estimate of drug-likeness (QED) is 0.545. The Balaban J connectivity index is 1.47. The third kappa shape index (κ3) is 4.50. The molecule has 0 aliphatic carbocycles. The van der Waals surface area contributed by atoms with Crippen LogP contribution in [0.4, 0.5) is 30.4 Å². The van der Waals surface area contributed by atoms with Gasteiger partial charge < -0.3 is 15.5 Å². The fraction of sp³-hybridized carbons (Fsp3) is 0.348. The average Bonchev–Trinajstić information content (AvgIpc) is 3.18. The first-order valence-corrected chi connectivity index (χ1v) is 10.6. The van der Waals surface area contributed by atoms with E-state index < -0.39 is 17.5 Å². The monoisotopic (exact) mass is 458 g/mol. The third-order valence-electron chi connectivity index (χ3n) is 5.67. The zero-order valence-electron chi connectivity index (χ0n) is 18.8. The van der Waals surface area contributed by atoms with E-state index in [2.05, 4.69) is 20.7 Å². The lowest BCUT2D eigenvalue weighted by atomic mass is 9.98. The van der Waals surface area contributed by atoms with Gasteiger partial charge in [-0.2, -0.15) is 5.10 Å². The minimum atomic E-state index is -1.48. The van der Waals surface area contributed by atoms with Crippen LogP contribution in [0.5, 0.6) is 0 Å². The van der Waals surface area contributed by atoms with Gasteiger partial charge >= 0.3 is 0 Å². The Bertz CT molecular complexity index is 1190. The number of hydrogen-bond donors (Lipinski definition) is 2. The molecule has 33 heavy (non-hydrogen) atoms. The molecule has 1 aliphatic rings. The number of amides is 1. The van der Waals surface area contributed by atoms with Gasteiger partial charge in [-0.05, 0) is 30.5 Å². The zero-order chi connectivity index (χ0) is 23.9. The molecule has 4 rings (SSSR count). The van der Waals surface area contributed by atoms with Crippen LogP contribution in [0.25, 0.3) is 0 Å². The first-order valence-electron chi connectivity index (χ1n) is 10.6. The van der Waals surface area contributed by atoms with Crippen LogP contribution < -0.4 is 15.5 Å². The number of hydrogen-bond acceptors (Lipinski definition) is 5. The lowest BCUT2D eigenvalue weighted by Gasteiger charge is -2.38. The molecular weight excluding hydrogens is 433 g/mol. The summed E-state index contributed by atoms with van der Waals surface area (Å²) in [5.41, 5.74) is 3.40. The third-order valence-corrected chi connectivity index (χ3v) is 5.67. The number of fused-ring (bicyclic) bond motifs is 1. The summed E-state index contributed by atoms with van der Waals surface area (Å²) in [6, 6.07) is 3.53. The lowest BCUT2D eigenvalue weighted by Crippen LogP contribution is -2.49. The molecule has 10 heteroatoms. The predicted octanol–water partition coefficient (Wildman–Crippen LogP) is 4.08. The van der Waals surface area contributed by atoms with Gasteiger partial charge in [-0.3, -0.25) is 9.48 Å². The van der Waals surface area contributed by atoms with Crippen molar-refractivity contribution in [3.63, 3.8) is 0 Å². The molecule has 0 spiro atoms. The fourth-order valence-electron chi connectivity index (χ4n) is 4.12. The number of nitrogens with one attached hydrogen (secondary N) is 2. The number of carbonyl (C=O) groups is 1. The standard InChI is InChI=1S/C23H25F3N6O/c1-12(2)22-23(33)30-21-13(3)29-19(7-18(21)31(22)4)27-8-15-9-28-32(11-15)10-14-5-16(24)20(26)17(25)6-14/h5-7,9,11-12,22H,8,10H2,1-4H3,(H,27,29)(H,30,33)/t22-/m0/s1. The fourth-order valence-corrected chi connectivity index (χ4v) is 4.12. The molecule has 3 heterocycles. The molecule has 174 valence electrons. The Morgan fingerprint density at radius 3 is 2.52 bits per heavy atom. The normalized spacial score (nSPS) is 15.6. The highest BCUT2D eigenvalue weighted by molar-refractivity contribution is 6.04. The topological polar surface area (TPSA) is 75.1 Å². The molecule has 2 aromatic heterocycles. The van der Waals surface area contributed by atoms with Gasteiger partial charge in [0.05, 0.1) is 29.8 Å². The van der Waals surface area contributed by atoms with Crippen LogP contribution in [-0.2, 0) is 17.9 Å². The van der Waals surface area contributed by atoms with E-state index in [1.165, 1.54) is 4.68 Å². The van der Waals surface area contributed by atoms with Gasteiger partial charge in [0.1, 0.15) is 11.9 Å². The van der Waals surface area contributed by atoms with E-state index >= 15 is 0 Å². The molecule has 0 unspecified atom stereocenters. The van der Waals surface area contributed by atoms with Crippen LogP contribution in [0.1, 0.15) is 30.7 Å². The minimum absolute atomic E-state index is 0.0426. The molecule has 0 bridgehead atoms. The summed E-state index contributed by atoms with van der Waals surface area (Å²) in [7, 11) is 1.90. The molecular formula is C23H25F3N6O. The molecule has 1 aliphatic heterocycles. The van der Waals surface area contributed by atoms with Crippen LogP contribution in [0.3, 0.4) is 0 Å². The first kappa shape index (κ1) is 22.6. The van der Waals surface area contributed by atoms with Crippen LogP contribution in [0.15, 0.2) is 30.6 Å². The van der Waals surface area contributed by atoms with Crippen molar-refractivity contribution in [3.8, 4) is 0 Å². The van der Waals surface area contributed by atoms with Crippen molar-refractivity contribution in [1.82, 2.24) is 14.8 Å². The maximum absolute atomic E-state index is 13.4.